The highest BCUT2D eigenvalue weighted by Crippen LogP contribution is 2.20. The molecule has 1 heterocycles. The second-order valence-electron chi connectivity index (χ2n) is 5.11. The standard InChI is InChI=1S/C11H22N4O2S.ClH/c1-5-15-10(6-7-13-15)18(16,17)14(4)9-11(2,3)8-12;/h6-7H,5,8-9,12H2,1-4H3;1H. The lowest BCUT2D eigenvalue weighted by Crippen LogP contribution is -2.40. The van der Waals surface area contributed by atoms with E-state index in [0.717, 1.165) is 0 Å². The zero-order chi connectivity index (χ0) is 14.0. The fourth-order valence-electron chi connectivity index (χ4n) is 1.69. The molecule has 1 aromatic rings. The van der Waals surface area contributed by atoms with E-state index in [1.807, 2.05) is 20.8 Å². The molecule has 0 aliphatic carbocycles. The number of hydrogen-bond donors (Lipinski definition) is 1. The van der Waals surface area contributed by atoms with Gasteiger partial charge in [0.2, 0.25) is 0 Å². The van der Waals surface area contributed by atoms with E-state index in [2.05, 4.69) is 5.10 Å². The summed E-state index contributed by atoms with van der Waals surface area (Å²) in [6.45, 7) is 7.07. The van der Waals surface area contributed by atoms with E-state index in [1.165, 1.54) is 21.3 Å². The minimum absolute atomic E-state index is 0. The summed E-state index contributed by atoms with van der Waals surface area (Å²) in [6.07, 6.45) is 1.50. The van der Waals surface area contributed by atoms with Gasteiger partial charge in [0.25, 0.3) is 10.0 Å². The van der Waals surface area contributed by atoms with E-state index in [4.69, 9.17) is 5.73 Å². The van der Waals surface area contributed by atoms with Crippen LogP contribution in [0.3, 0.4) is 0 Å². The summed E-state index contributed by atoms with van der Waals surface area (Å²) in [6, 6.07) is 1.52. The summed E-state index contributed by atoms with van der Waals surface area (Å²) < 4.78 is 27.6. The highest BCUT2D eigenvalue weighted by Gasteiger charge is 2.29. The van der Waals surface area contributed by atoms with E-state index in [0.29, 0.717) is 19.6 Å². The quantitative estimate of drug-likeness (QED) is 0.847. The van der Waals surface area contributed by atoms with Gasteiger partial charge in [0.05, 0.1) is 6.20 Å². The molecule has 0 aromatic carbocycles. The molecule has 19 heavy (non-hydrogen) atoms. The summed E-state index contributed by atoms with van der Waals surface area (Å²) >= 11 is 0. The number of hydrogen-bond acceptors (Lipinski definition) is 4. The van der Waals surface area contributed by atoms with Crippen molar-refractivity contribution in [3.05, 3.63) is 12.3 Å². The Morgan fingerprint density at radius 1 is 1.47 bits per heavy atom. The lowest BCUT2D eigenvalue weighted by molar-refractivity contribution is 0.290. The van der Waals surface area contributed by atoms with Crippen LogP contribution < -0.4 is 5.73 Å². The van der Waals surface area contributed by atoms with Crippen molar-refractivity contribution < 1.29 is 8.42 Å². The molecule has 0 bridgehead atoms. The summed E-state index contributed by atoms with van der Waals surface area (Å²) in [4.78, 5) is 0. The molecular formula is C11H23ClN4O2S. The van der Waals surface area contributed by atoms with Gasteiger partial charge in [-0.25, -0.2) is 8.42 Å². The smallest absolute Gasteiger partial charge is 0.259 e. The van der Waals surface area contributed by atoms with Crippen molar-refractivity contribution in [2.75, 3.05) is 20.1 Å². The van der Waals surface area contributed by atoms with Crippen LogP contribution in [0, 0.1) is 5.41 Å². The lowest BCUT2D eigenvalue weighted by Gasteiger charge is -2.28. The third-order valence-electron chi connectivity index (χ3n) is 2.85. The average Bonchev–Trinajstić information content (AvgIpc) is 2.77. The molecule has 0 saturated carbocycles. The average molecular weight is 311 g/mol. The molecule has 6 nitrogen and oxygen atoms in total. The highest BCUT2D eigenvalue weighted by atomic mass is 35.5. The van der Waals surface area contributed by atoms with Crippen LogP contribution >= 0.6 is 12.4 Å². The Hall–Kier alpha value is -0.630. The number of sulfonamides is 1. The van der Waals surface area contributed by atoms with Crippen molar-refractivity contribution in [3.8, 4) is 0 Å². The van der Waals surface area contributed by atoms with Gasteiger partial charge in [0.1, 0.15) is 0 Å². The molecule has 1 rings (SSSR count). The molecule has 112 valence electrons. The van der Waals surface area contributed by atoms with Gasteiger partial charge in [-0.05, 0) is 24.9 Å². The SMILES string of the molecule is CCn1nccc1S(=O)(=O)N(C)CC(C)(C)CN.Cl. The van der Waals surface area contributed by atoms with Gasteiger partial charge in [0, 0.05) is 20.1 Å². The zero-order valence-corrected chi connectivity index (χ0v) is 13.5. The Kier molecular flexibility index (Phi) is 6.47. The predicted molar refractivity (Wildman–Crippen MR) is 77.8 cm³/mol. The topological polar surface area (TPSA) is 81.2 Å². The van der Waals surface area contributed by atoms with Crippen LogP contribution in [-0.2, 0) is 16.6 Å². The van der Waals surface area contributed by atoms with E-state index < -0.39 is 10.0 Å². The molecular weight excluding hydrogens is 288 g/mol. The third-order valence-corrected chi connectivity index (χ3v) is 4.68. The Labute approximate surface area is 121 Å². The molecule has 0 spiro atoms. The third kappa shape index (κ3) is 4.17. The van der Waals surface area contributed by atoms with Gasteiger partial charge in [-0.15, -0.1) is 12.4 Å². The minimum atomic E-state index is -3.50. The van der Waals surface area contributed by atoms with Gasteiger partial charge >= 0.3 is 0 Å². The number of nitrogens with two attached hydrogens (primary N) is 1. The van der Waals surface area contributed by atoms with E-state index in [-0.39, 0.29) is 22.8 Å². The first-order valence-corrected chi connectivity index (χ1v) is 7.37. The van der Waals surface area contributed by atoms with E-state index in [9.17, 15) is 8.42 Å². The van der Waals surface area contributed by atoms with Crippen LogP contribution in [0.1, 0.15) is 20.8 Å². The molecule has 0 atom stereocenters. The maximum absolute atomic E-state index is 12.4. The fourth-order valence-corrected chi connectivity index (χ4v) is 3.20. The summed E-state index contributed by atoms with van der Waals surface area (Å²) in [5.74, 6) is 0. The van der Waals surface area contributed by atoms with Crippen LogP contribution in [0.5, 0.6) is 0 Å². The first-order valence-electron chi connectivity index (χ1n) is 5.93. The Balaban J connectivity index is 0.00000324. The van der Waals surface area contributed by atoms with Crippen molar-refractivity contribution in [3.63, 3.8) is 0 Å². The lowest BCUT2D eigenvalue weighted by atomic mass is 9.94. The predicted octanol–water partition coefficient (Wildman–Crippen LogP) is 0.930. The molecule has 0 aliphatic rings. The maximum atomic E-state index is 12.4. The highest BCUT2D eigenvalue weighted by molar-refractivity contribution is 7.89. The fraction of sp³-hybridized carbons (Fsp3) is 0.727. The normalized spacial score (nSPS) is 12.5. The molecule has 1 aromatic heterocycles. The van der Waals surface area contributed by atoms with Crippen LogP contribution in [-0.4, -0.2) is 42.6 Å². The number of nitrogens with zero attached hydrogens (tertiary/aromatic N) is 3. The Bertz CT molecular complexity index is 499. The van der Waals surface area contributed by atoms with Crippen molar-refractivity contribution in [2.45, 2.75) is 32.3 Å². The number of rotatable bonds is 6. The molecule has 0 aliphatic heterocycles. The molecule has 0 amide bonds. The first kappa shape index (κ1) is 18.4. The second-order valence-corrected chi connectivity index (χ2v) is 7.11. The monoisotopic (exact) mass is 310 g/mol. The second kappa shape index (κ2) is 6.69. The van der Waals surface area contributed by atoms with Gasteiger partial charge < -0.3 is 5.73 Å². The van der Waals surface area contributed by atoms with Crippen LogP contribution in [0.2, 0.25) is 0 Å². The van der Waals surface area contributed by atoms with Crippen molar-refractivity contribution in [2.24, 2.45) is 11.1 Å². The van der Waals surface area contributed by atoms with Crippen LogP contribution in [0.4, 0.5) is 0 Å². The number of aromatic nitrogens is 2. The molecule has 2 N–H and O–H groups in total. The minimum Gasteiger partial charge on any atom is -0.330 e. The van der Waals surface area contributed by atoms with Crippen molar-refractivity contribution >= 4 is 22.4 Å². The molecule has 0 saturated heterocycles. The van der Waals surface area contributed by atoms with Crippen LogP contribution in [0.15, 0.2) is 17.3 Å². The van der Waals surface area contributed by atoms with Crippen molar-refractivity contribution in [1.82, 2.24) is 14.1 Å². The Morgan fingerprint density at radius 2 is 2.05 bits per heavy atom. The summed E-state index contributed by atoms with van der Waals surface area (Å²) in [7, 11) is -1.93. The molecule has 0 unspecified atom stereocenters. The Morgan fingerprint density at radius 3 is 2.53 bits per heavy atom. The van der Waals surface area contributed by atoms with Gasteiger partial charge in [-0.1, -0.05) is 13.8 Å². The van der Waals surface area contributed by atoms with Crippen LogP contribution in [0.25, 0.3) is 0 Å². The molecule has 0 radical (unpaired) electrons. The van der Waals surface area contributed by atoms with Crippen molar-refractivity contribution in [1.29, 1.82) is 0 Å². The maximum Gasteiger partial charge on any atom is 0.259 e. The number of halogens is 1. The van der Waals surface area contributed by atoms with E-state index >= 15 is 0 Å². The first-order chi connectivity index (χ1) is 8.24. The van der Waals surface area contributed by atoms with Gasteiger partial charge in [0.15, 0.2) is 5.03 Å². The van der Waals surface area contributed by atoms with E-state index in [1.54, 1.807) is 7.05 Å². The molecule has 0 fully saturated rings. The summed E-state index contributed by atoms with van der Waals surface area (Å²) in [5, 5.41) is 4.21. The summed E-state index contributed by atoms with van der Waals surface area (Å²) in [5.41, 5.74) is 5.38. The number of aryl methyl sites for hydroxylation is 1. The van der Waals surface area contributed by atoms with Gasteiger partial charge in [-0.2, -0.15) is 9.40 Å². The zero-order valence-electron chi connectivity index (χ0n) is 11.8. The van der Waals surface area contributed by atoms with Gasteiger partial charge in [-0.3, -0.25) is 4.68 Å². The molecule has 8 heteroatoms. The largest absolute Gasteiger partial charge is 0.330 e.